The number of hydrogen-bond donors (Lipinski definition) is 0. The Morgan fingerprint density at radius 1 is 0.583 bits per heavy atom. The summed E-state index contributed by atoms with van der Waals surface area (Å²) in [5.74, 6) is 3.11. The van der Waals surface area contributed by atoms with Crippen molar-refractivity contribution < 1.29 is 33.2 Å². The van der Waals surface area contributed by atoms with E-state index >= 15 is 0 Å². The average Bonchev–Trinajstić information content (AvgIpc) is 4.10. The monoisotopic (exact) mass is 802 g/mol. The summed E-state index contributed by atoms with van der Waals surface area (Å²) in [6.07, 6.45) is 11.8. The first-order valence-electron chi connectivity index (χ1n) is 22.3. The summed E-state index contributed by atoms with van der Waals surface area (Å²) in [6.45, 7) is 2.46. The largest absolute Gasteiger partial charge is 0.494 e. The van der Waals surface area contributed by atoms with E-state index in [1.807, 2.05) is 36.4 Å². The van der Waals surface area contributed by atoms with Crippen LogP contribution in [0.5, 0.6) is 17.2 Å². The first kappa shape index (κ1) is 38.8. The molecule has 308 valence electrons. The van der Waals surface area contributed by atoms with Crippen LogP contribution in [-0.2, 0) is 14.2 Å². The summed E-state index contributed by atoms with van der Waals surface area (Å²) in [5, 5.41) is 4.63. The minimum absolute atomic E-state index is 0.147. The highest BCUT2D eigenvalue weighted by Gasteiger charge is 2.43. The minimum Gasteiger partial charge on any atom is -0.494 e. The van der Waals surface area contributed by atoms with Gasteiger partial charge in [0.1, 0.15) is 23.4 Å². The van der Waals surface area contributed by atoms with Gasteiger partial charge in [0.15, 0.2) is 0 Å². The van der Waals surface area contributed by atoms with Crippen LogP contribution in [-0.4, -0.2) is 50.4 Å². The molecule has 2 heterocycles. The molecule has 3 atom stereocenters. The van der Waals surface area contributed by atoms with E-state index in [4.69, 9.17) is 28.4 Å². The number of esters is 1. The third kappa shape index (κ3) is 8.61. The molecule has 2 aliphatic carbocycles. The molecule has 3 unspecified atom stereocenters. The van der Waals surface area contributed by atoms with E-state index < -0.39 is 6.29 Å². The van der Waals surface area contributed by atoms with Crippen molar-refractivity contribution in [1.29, 1.82) is 0 Å². The Bertz CT molecular complexity index is 2330. The number of unbranched alkanes of at least 4 members (excludes halogenated alkanes) is 3. The predicted molar refractivity (Wildman–Crippen MR) is 236 cm³/mol. The predicted octanol–water partition coefficient (Wildman–Crippen LogP) is 12.4. The molecule has 3 fully saturated rings. The number of carbonyl (C=O) groups excluding carboxylic acids is 1. The van der Waals surface area contributed by atoms with Crippen LogP contribution < -0.4 is 14.2 Å². The molecule has 60 heavy (non-hydrogen) atoms. The molecule has 0 aromatic heterocycles. The highest BCUT2D eigenvalue weighted by molar-refractivity contribution is 6.10. The average molecular weight is 803 g/mol. The maximum Gasteiger partial charge on any atom is 0.338 e. The molecule has 7 nitrogen and oxygen atoms in total. The fraction of sp³-hybridized carbons (Fsp3) is 0.377. The maximum absolute atomic E-state index is 13.3. The number of rotatable bonds is 14. The van der Waals surface area contributed by atoms with Gasteiger partial charge in [-0.2, -0.15) is 0 Å². The maximum atomic E-state index is 13.3. The van der Waals surface area contributed by atoms with Crippen LogP contribution in [0, 0.1) is 11.8 Å². The van der Waals surface area contributed by atoms with E-state index in [0.29, 0.717) is 30.3 Å². The van der Waals surface area contributed by atoms with Gasteiger partial charge in [-0.05, 0) is 139 Å². The molecule has 1 saturated heterocycles. The Morgan fingerprint density at radius 2 is 1.20 bits per heavy atom. The van der Waals surface area contributed by atoms with Gasteiger partial charge in [-0.3, -0.25) is 0 Å². The number of carbonyl (C=O) groups is 1. The number of benzene rings is 6. The van der Waals surface area contributed by atoms with Gasteiger partial charge >= 0.3 is 5.97 Å². The smallest absolute Gasteiger partial charge is 0.338 e. The van der Waals surface area contributed by atoms with Crippen LogP contribution in [0.3, 0.4) is 0 Å². The van der Waals surface area contributed by atoms with Crippen molar-refractivity contribution in [3.63, 3.8) is 0 Å². The van der Waals surface area contributed by atoms with Crippen LogP contribution in [0.1, 0.15) is 81.0 Å². The lowest BCUT2D eigenvalue weighted by Crippen LogP contribution is -2.36. The van der Waals surface area contributed by atoms with E-state index in [0.717, 1.165) is 108 Å². The Hall–Kier alpha value is -5.37. The van der Waals surface area contributed by atoms with E-state index in [2.05, 4.69) is 84.9 Å². The second-order valence-corrected chi connectivity index (χ2v) is 17.2. The Kier molecular flexibility index (Phi) is 11.4. The first-order valence-corrected chi connectivity index (χ1v) is 22.3. The van der Waals surface area contributed by atoms with Gasteiger partial charge in [0, 0.05) is 30.3 Å². The number of fused-ring (bicyclic) bond motifs is 8. The molecular weight excluding hydrogens is 749 g/mol. The minimum atomic E-state index is -0.449. The van der Waals surface area contributed by atoms with Crippen LogP contribution in [0.15, 0.2) is 121 Å². The molecule has 2 aliphatic heterocycles. The lowest BCUT2D eigenvalue weighted by molar-refractivity contribution is -0.0624. The highest BCUT2D eigenvalue weighted by Crippen LogP contribution is 2.49. The van der Waals surface area contributed by atoms with Gasteiger partial charge in [-0.25, -0.2) is 4.79 Å². The molecular formula is C53H54O7. The van der Waals surface area contributed by atoms with Crippen LogP contribution in [0.4, 0.5) is 0 Å². The fourth-order valence-electron chi connectivity index (χ4n) is 9.66. The topological polar surface area (TPSA) is 75.8 Å². The van der Waals surface area contributed by atoms with Crippen LogP contribution in [0.2, 0.25) is 0 Å². The summed E-state index contributed by atoms with van der Waals surface area (Å²) in [5.41, 5.74) is 4.84. The quantitative estimate of drug-likeness (QED) is 0.0617. The Balaban J connectivity index is 0.683. The van der Waals surface area contributed by atoms with Crippen LogP contribution >= 0.6 is 0 Å². The van der Waals surface area contributed by atoms with E-state index in [9.17, 15) is 4.79 Å². The molecule has 0 amide bonds. The van der Waals surface area contributed by atoms with Crippen molar-refractivity contribution in [2.75, 3.05) is 19.8 Å². The molecule has 7 heteroatoms. The van der Waals surface area contributed by atoms with Crippen molar-refractivity contribution in [1.82, 2.24) is 0 Å². The van der Waals surface area contributed by atoms with Gasteiger partial charge in [-0.15, -0.1) is 0 Å². The number of hydrogen-bond acceptors (Lipinski definition) is 7. The van der Waals surface area contributed by atoms with Gasteiger partial charge in [0.25, 0.3) is 0 Å². The highest BCUT2D eigenvalue weighted by atomic mass is 16.7. The second kappa shape index (κ2) is 17.7. The zero-order chi connectivity index (χ0) is 40.3. The van der Waals surface area contributed by atoms with E-state index in [-0.39, 0.29) is 18.0 Å². The van der Waals surface area contributed by atoms with E-state index in [1.54, 1.807) is 0 Å². The molecule has 2 saturated carbocycles. The molecule has 10 rings (SSSR count). The third-order valence-electron chi connectivity index (χ3n) is 13.1. The lowest BCUT2D eigenvalue weighted by Gasteiger charge is -2.33. The van der Waals surface area contributed by atoms with Crippen molar-refractivity contribution in [2.24, 2.45) is 11.8 Å². The SMILES string of the molecule is O=C(OC1CCC(C2Oc3ccc4ccccc4c3-c3c(ccc4ccccc34)O2)CC1)c1ccc(-c2ccc(OCCCCCCOCC3CCC4OC4C3)cc2)cc1. The number of ether oxygens (including phenoxy) is 6. The summed E-state index contributed by atoms with van der Waals surface area (Å²) in [4.78, 5) is 13.3. The van der Waals surface area contributed by atoms with Crippen molar-refractivity contribution >= 4 is 27.5 Å². The van der Waals surface area contributed by atoms with Crippen molar-refractivity contribution in [3.8, 4) is 39.5 Å². The normalized spacial score (nSPS) is 22.1. The standard InChI is InChI=1S/C53H54O7/c54-52(40-16-14-36(15-17-40)37-18-24-42(25-19-37)56-32-8-2-1-7-31-55-34-35-13-28-46-49(33-35)58-46)57-43-26-20-41(21-27-43)53-59-47-29-22-38-9-3-5-11-44(38)50(47)51-45-12-6-4-10-39(45)23-30-48(51)60-53/h3-6,9-12,14-19,22-25,29-30,35,41,43,46,49,53H,1-2,7-8,13,20-21,26-28,31-34H2. The molecule has 6 aromatic carbocycles. The first-order chi connectivity index (χ1) is 29.6. The summed E-state index contributed by atoms with van der Waals surface area (Å²) >= 11 is 0. The molecule has 4 aliphatic rings. The van der Waals surface area contributed by atoms with Gasteiger partial charge < -0.3 is 28.4 Å². The molecule has 6 aromatic rings. The summed E-state index contributed by atoms with van der Waals surface area (Å²) in [7, 11) is 0. The molecule has 0 N–H and O–H groups in total. The van der Waals surface area contributed by atoms with Crippen LogP contribution in [0.25, 0.3) is 43.8 Å². The number of epoxide rings is 1. The van der Waals surface area contributed by atoms with Gasteiger partial charge in [0.2, 0.25) is 6.29 Å². The Labute approximate surface area is 352 Å². The zero-order valence-electron chi connectivity index (χ0n) is 34.3. The fourth-order valence-corrected chi connectivity index (χ4v) is 9.66. The Morgan fingerprint density at radius 3 is 1.85 bits per heavy atom. The van der Waals surface area contributed by atoms with Gasteiger partial charge in [0.05, 0.1) is 24.4 Å². The van der Waals surface area contributed by atoms with E-state index in [1.165, 1.54) is 36.5 Å². The second-order valence-electron chi connectivity index (χ2n) is 17.2. The van der Waals surface area contributed by atoms with Gasteiger partial charge in [-0.1, -0.05) is 91.3 Å². The van der Waals surface area contributed by atoms with Crippen molar-refractivity contribution in [3.05, 3.63) is 127 Å². The molecule has 0 bridgehead atoms. The van der Waals surface area contributed by atoms with Crippen molar-refractivity contribution in [2.45, 2.75) is 95.2 Å². The third-order valence-corrected chi connectivity index (χ3v) is 13.1. The summed E-state index contributed by atoms with van der Waals surface area (Å²) < 4.78 is 37.3. The summed E-state index contributed by atoms with van der Waals surface area (Å²) in [6, 6.07) is 41.3. The molecule has 0 radical (unpaired) electrons. The lowest BCUT2D eigenvalue weighted by atomic mass is 9.86. The zero-order valence-corrected chi connectivity index (χ0v) is 34.3. The molecule has 0 spiro atoms.